The number of rotatable bonds is 4. The topological polar surface area (TPSA) is 17.8 Å². The van der Waals surface area contributed by atoms with Crippen LogP contribution < -0.4 is 0 Å². The van der Waals surface area contributed by atoms with Gasteiger partial charge in [0, 0.05) is 12.9 Å². The van der Waals surface area contributed by atoms with Crippen molar-refractivity contribution in [2.24, 2.45) is 7.05 Å². The van der Waals surface area contributed by atoms with E-state index in [0.717, 1.165) is 35.3 Å². The van der Waals surface area contributed by atoms with Crippen LogP contribution in [0.25, 0.3) is 0 Å². The third-order valence-electron chi connectivity index (χ3n) is 2.06. The molecule has 0 spiro atoms. The monoisotopic (exact) mass is 264 g/mol. The van der Waals surface area contributed by atoms with Gasteiger partial charge in [-0.05, 0) is 42.1 Å². The molecule has 0 atom stereocenters. The van der Waals surface area contributed by atoms with Crippen molar-refractivity contribution in [3.05, 3.63) is 15.9 Å². The molecule has 0 aromatic carbocycles. The zero-order chi connectivity index (χ0) is 9.84. The minimum Gasteiger partial charge on any atom is -0.271 e. The van der Waals surface area contributed by atoms with Crippen molar-refractivity contribution in [1.82, 2.24) is 9.78 Å². The number of hydrogen-bond acceptors (Lipinski definition) is 1. The van der Waals surface area contributed by atoms with E-state index in [2.05, 4.69) is 21.0 Å². The lowest BCUT2D eigenvalue weighted by atomic mass is 10.2. The minimum absolute atomic E-state index is 0.744. The van der Waals surface area contributed by atoms with Crippen LogP contribution in [0, 0.1) is 6.92 Å². The van der Waals surface area contributed by atoms with Gasteiger partial charge in [0.25, 0.3) is 0 Å². The minimum atomic E-state index is 0.744. The first-order valence-electron chi connectivity index (χ1n) is 4.40. The summed E-state index contributed by atoms with van der Waals surface area (Å²) in [5, 5.41) is 4.33. The standard InChI is InChI=1S/C9H14BrClN2/c1-7-9(10)8(13(2)12-7)5-3-4-6-11/h3-6H2,1-2H3. The Bertz CT molecular complexity index is 283. The van der Waals surface area contributed by atoms with E-state index in [0.29, 0.717) is 0 Å². The first kappa shape index (κ1) is 11.1. The molecule has 0 saturated heterocycles. The highest BCUT2D eigenvalue weighted by atomic mass is 79.9. The number of halogens is 2. The van der Waals surface area contributed by atoms with Crippen molar-refractivity contribution in [1.29, 1.82) is 0 Å². The second-order valence-corrected chi connectivity index (χ2v) is 4.29. The molecule has 1 rings (SSSR count). The fourth-order valence-electron chi connectivity index (χ4n) is 1.34. The number of aryl methyl sites for hydroxylation is 2. The average molecular weight is 266 g/mol. The second-order valence-electron chi connectivity index (χ2n) is 3.12. The summed E-state index contributed by atoms with van der Waals surface area (Å²) < 4.78 is 3.08. The van der Waals surface area contributed by atoms with Crippen LogP contribution in [-0.4, -0.2) is 15.7 Å². The van der Waals surface area contributed by atoms with Crippen molar-refractivity contribution < 1.29 is 0 Å². The van der Waals surface area contributed by atoms with Gasteiger partial charge in [-0.1, -0.05) is 0 Å². The Morgan fingerprint density at radius 1 is 1.46 bits per heavy atom. The van der Waals surface area contributed by atoms with E-state index in [4.69, 9.17) is 11.6 Å². The summed E-state index contributed by atoms with van der Waals surface area (Å²) in [5.41, 5.74) is 2.32. The number of unbranched alkanes of at least 4 members (excludes halogenated alkanes) is 1. The molecule has 0 fully saturated rings. The first-order valence-corrected chi connectivity index (χ1v) is 5.73. The molecule has 0 radical (unpaired) electrons. The highest BCUT2D eigenvalue weighted by molar-refractivity contribution is 9.10. The van der Waals surface area contributed by atoms with Gasteiger partial charge in [-0.2, -0.15) is 5.10 Å². The van der Waals surface area contributed by atoms with Crippen LogP contribution in [0.3, 0.4) is 0 Å². The molecule has 0 amide bonds. The molecule has 0 bridgehead atoms. The summed E-state index contributed by atoms with van der Waals surface area (Å²) in [4.78, 5) is 0. The van der Waals surface area contributed by atoms with Gasteiger partial charge in [0.05, 0.1) is 15.9 Å². The summed E-state index contributed by atoms with van der Waals surface area (Å²) in [5.74, 6) is 0.744. The van der Waals surface area contributed by atoms with E-state index >= 15 is 0 Å². The van der Waals surface area contributed by atoms with Crippen LogP contribution in [0.1, 0.15) is 24.2 Å². The van der Waals surface area contributed by atoms with Gasteiger partial charge in [-0.3, -0.25) is 4.68 Å². The van der Waals surface area contributed by atoms with E-state index in [1.165, 1.54) is 5.69 Å². The molecule has 13 heavy (non-hydrogen) atoms. The average Bonchev–Trinajstić information content (AvgIpc) is 2.32. The van der Waals surface area contributed by atoms with E-state index < -0.39 is 0 Å². The zero-order valence-electron chi connectivity index (χ0n) is 7.98. The van der Waals surface area contributed by atoms with Crippen LogP contribution in [0.4, 0.5) is 0 Å². The predicted molar refractivity (Wildman–Crippen MR) is 59.3 cm³/mol. The molecular formula is C9H14BrClN2. The number of nitrogens with zero attached hydrogens (tertiary/aromatic N) is 2. The third kappa shape index (κ3) is 2.71. The van der Waals surface area contributed by atoms with Gasteiger partial charge in [-0.25, -0.2) is 0 Å². The lowest BCUT2D eigenvalue weighted by Crippen LogP contribution is -1.98. The molecule has 2 nitrogen and oxygen atoms in total. The van der Waals surface area contributed by atoms with Gasteiger partial charge >= 0.3 is 0 Å². The Labute approximate surface area is 92.4 Å². The molecule has 0 aliphatic heterocycles. The third-order valence-corrected chi connectivity index (χ3v) is 3.36. The van der Waals surface area contributed by atoms with Crippen molar-refractivity contribution in [3.8, 4) is 0 Å². The normalized spacial score (nSPS) is 10.8. The largest absolute Gasteiger partial charge is 0.271 e. The van der Waals surface area contributed by atoms with Crippen molar-refractivity contribution in [3.63, 3.8) is 0 Å². The van der Waals surface area contributed by atoms with Crippen LogP contribution >= 0.6 is 27.5 Å². The second kappa shape index (κ2) is 5.01. The molecule has 0 aliphatic rings. The molecule has 1 aromatic heterocycles. The maximum atomic E-state index is 5.62. The van der Waals surface area contributed by atoms with E-state index in [-0.39, 0.29) is 0 Å². The number of hydrogen-bond donors (Lipinski definition) is 0. The molecule has 1 heterocycles. The Kier molecular flexibility index (Phi) is 4.26. The van der Waals surface area contributed by atoms with Crippen molar-refractivity contribution in [2.75, 3.05) is 5.88 Å². The maximum Gasteiger partial charge on any atom is 0.0738 e. The van der Waals surface area contributed by atoms with Crippen molar-refractivity contribution >= 4 is 27.5 Å². The highest BCUT2D eigenvalue weighted by Gasteiger charge is 2.09. The highest BCUT2D eigenvalue weighted by Crippen LogP contribution is 2.21. The Morgan fingerprint density at radius 2 is 2.15 bits per heavy atom. The molecule has 4 heteroatoms. The lowest BCUT2D eigenvalue weighted by Gasteiger charge is -2.01. The zero-order valence-corrected chi connectivity index (χ0v) is 10.3. The quantitative estimate of drug-likeness (QED) is 0.604. The molecular weight excluding hydrogens is 251 g/mol. The molecule has 1 aromatic rings. The molecule has 0 aliphatic carbocycles. The predicted octanol–water partition coefficient (Wildman–Crippen LogP) is 3.05. The Hall–Kier alpha value is -0.0200. The van der Waals surface area contributed by atoms with Gasteiger partial charge in [0.1, 0.15) is 0 Å². The Morgan fingerprint density at radius 3 is 2.62 bits per heavy atom. The summed E-state index contributed by atoms with van der Waals surface area (Å²) in [6.45, 7) is 2.01. The van der Waals surface area contributed by atoms with E-state index in [9.17, 15) is 0 Å². The molecule has 0 N–H and O–H groups in total. The first-order chi connectivity index (χ1) is 6.16. The molecule has 0 saturated carbocycles. The number of alkyl halides is 1. The summed E-state index contributed by atoms with van der Waals surface area (Å²) in [6, 6.07) is 0. The van der Waals surface area contributed by atoms with Crippen LogP contribution in [0.5, 0.6) is 0 Å². The van der Waals surface area contributed by atoms with Gasteiger partial charge in [-0.15, -0.1) is 11.6 Å². The van der Waals surface area contributed by atoms with Gasteiger partial charge in [0.2, 0.25) is 0 Å². The van der Waals surface area contributed by atoms with Crippen LogP contribution in [0.2, 0.25) is 0 Å². The summed E-state index contributed by atoms with van der Waals surface area (Å²) >= 11 is 9.16. The summed E-state index contributed by atoms with van der Waals surface area (Å²) in [6.07, 6.45) is 3.24. The molecule has 0 unspecified atom stereocenters. The lowest BCUT2D eigenvalue weighted by molar-refractivity contribution is 0.672. The SMILES string of the molecule is Cc1nn(C)c(CCCCCl)c1Br. The fourth-order valence-corrected chi connectivity index (χ4v) is 2.06. The van der Waals surface area contributed by atoms with E-state index in [1.807, 2.05) is 18.7 Å². The van der Waals surface area contributed by atoms with Crippen LogP contribution in [-0.2, 0) is 13.5 Å². The van der Waals surface area contributed by atoms with Gasteiger partial charge in [0.15, 0.2) is 0 Å². The van der Waals surface area contributed by atoms with Gasteiger partial charge < -0.3 is 0 Å². The number of aromatic nitrogens is 2. The fraction of sp³-hybridized carbons (Fsp3) is 0.667. The van der Waals surface area contributed by atoms with Crippen molar-refractivity contribution in [2.45, 2.75) is 26.2 Å². The maximum absolute atomic E-state index is 5.62. The molecule has 74 valence electrons. The van der Waals surface area contributed by atoms with Crippen LogP contribution in [0.15, 0.2) is 4.47 Å². The smallest absolute Gasteiger partial charge is 0.0738 e. The van der Waals surface area contributed by atoms with E-state index in [1.54, 1.807) is 0 Å². The summed E-state index contributed by atoms with van der Waals surface area (Å²) in [7, 11) is 1.98. The Balaban J connectivity index is 2.64.